The molecule has 2 nitrogen and oxygen atoms in total. The van der Waals surface area contributed by atoms with Gasteiger partial charge in [-0.2, -0.15) is 0 Å². The molecule has 1 aliphatic rings. The lowest BCUT2D eigenvalue weighted by atomic mass is 9.80. The first-order valence-corrected chi connectivity index (χ1v) is 6.88. The third kappa shape index (κ3) is 2.11. The van der Waals surface area contributed by atoms with E-state index in [9.17, 15) is 4.79 Å². The lowest BCUT2D eigenvalue weighted by Gasteiger charge is -2.22. The molecule has 0 fully saturated rings. The highest BCUT2D eigenvalue weighted by atomic mass is 16.5. The lowest BCUT2D eigenvalue weighted by Crippen LogP contribution is -2.26. The molecule has 0 aromatic heterocycles. The SMILES string of the molecule is COc1ccc(CC2(C)Cc3ccccc3C2=O)cc1. The third-order valence-electron chi connectivity index (χ3n) is 4.14. The summed E-state index contributed by atoms with van der Waals surface area (Å²) in [5.41, 5.74) is 2.92. The molecule has 1 unspecified atom stereocenters. The topological polar surface area (TPSA) is 26.3 Å². The zero-order chi connectivity index (χ0) is 14.2. The van der Waals surface area contributed by atoms with E-state index in [0.29, 0.717) is 0 Å². The van der Waals surface area contributed by atoms with Crippen molar-refractivity contribution in [2.45, 2.75) is 19.8 Å². The summed E-state index contributed by atoms with van der Waals surface area (Å²) < 4.78 is 5.17. The summed E-state index contributed by atoms with van der Waals surface area (Å²) >= 11 is 0. The molecular weight excluding hydrogens is 248 g/mol. The van der Waals surface area contributed by atoms with Gasteiger partial charge in [-0.15, -0.1) is 0 Å². The van der Waals surface area contributed by atoms with Crippen LogP contribution in [-0.2, 0) is 12.8 Å². The number of carbonyl (C=O) groups excluding carboxylic acids is 1. The molecule has 0 N–H and O–H groups in total. The van der Waals surface area contributed by atoms with E-state index in [1.54, 1.807) is 7.11 Å². The van der Waals surface area contributed by atoms with Crippen LogP contribution in [0.15, 0.2) is 48.5 Å². The molecule has 0 radical (unpaired) electrons. The van der Waals surface area contributed by atoms with Crippen molar-refractivity contribution in [1.29, 1.82) is 0 Å². The molecule has 20 heavy (non-hydrogen) atoms. The number of Topliss-reactive ketones (excluding diaryl/α,β-unsaturated/α-hetero) is 1. The zero-order valence-electron chi connectivity index (χ0n) is 11.8. The predicted octanol–water partition coefficient (Wildman–Crippen LogP) is 3.68. The summed E-state index contributed by atoms with van der Waals surface area (Å²) in [6.45, 7) is 2.07. The number of carbonyl (C=O) groups is 1. The molecule has 102 valence electrons. The van der Waals surface area contributed by atoms with E-state index < -0.39 is 0 Å². The van der Waals surface area contributed by atoms with Crippen molar-refractivity contribution in [3.8, 4) is 5.75 Å². The molecule has 2 heteroatoms. The van der Waals surface area contributed by atoms with Crippen LogP contribution >= 0.6 is 0 Å². The van der Waals surface area contributed by atoms with Gasteiger partial charge in [0.2, 0.25) is 0 Å². The molecule has 2 aromatic carbocycles. The molecule has 0 saturated heterocycles. The highest BCUT2D eigenvalue weighted by Crippen LogP contribution is 2.39. The van der Waals surface area contributed by atoms with E-state index in [1.807, 2.05) is 42.5 Å². The zero-order valence-corrected chi connectivity index (χ0v) is 11.8. The van der Waals surface area contributed by atoms with Crippen molar-refractivity contribution in [2.75, 3.05) is 7.11 Å². The third-order valence-corrected chi connectivity index (χ3v) is 4.14. The molecule has 0 aliphatic heterocycles. The highest BCUT2D eigenvalue weighted by molar-refractivity contribution is 6.04. The van der Waals surface area contributed by atoms with Crippen molar-refractivity contribution in [3.05, 3.63) is 65.2 Å². The molecular formula is C18H18O2. The van der Waals surface area contributed by atoms with E-state index in [-0.39, 0.29) is 11.2 Å². The highest BCUT2D eigenvalue weighted by Gasteiger charge is 2.41. The van der Waals surface area contributed by atoms with Gasteiger partial charge in [0.1, 0.15) is 5.75 Å². The number of hydrogen-bond acceptors (Lipinski definition) is 2. The fourth-order valence-electron chi connectivity index (χ4n) is 3.06. The fraction of sp³-hybridized carbons (Fsp3) is 0.278. The Morgan fingerprint density at radius 1 is 1.10 bits per heavy atom. The number of rotatable bonds is 3. The van der Waals surface area contributed by atoms with Gasteiger partial charge in [-0.3, -0.25) is 4.79 Å². The van der Waals surface area contributed by atoms with Gasteiger partial charge in [0.15, 0.2) is 5.78 Å². The van der Waals surface area contributed by atoms with Crippen molar-refractivity contribution in [2.24, 2.45) is 5.41 Å². The predicted molar refractivity (Wildman–Crippen MR) is 79.3 cm³/mol. The molecule has 0 amide bonds. The van der Waals surface area contributed by atoms with Gasteiger partial charge in [0, 0.05) is 11.0 Å². The van der Waals surface area contributed by atoms with Crippen LogP contribution in [0.1, 0.15) is 28.4 Å². The Morgan fingerprint density at radius 2 is 1.80 bits per heavy atom. The Morgan fingerprint density at radius 3 is 2.45 bits per heavy atom. The summed E-state index contributed by atoms with van der Waals surface area (Å²) in [4.78, 5) is 12.6. The van der Waals surface area contributed by atoms with Crippen LogP contribution in [0, 0.1) is 5.41 Å². The average Bonchev–Trinajstić information content (AvgIpc) is 2.72. The second-order valence-corrected chi connectivity index (χ2v) is 5.75. The van der Waals surface area contributed by atoms with E-state index in [2.05, 4.69) is 13.0 Å². The Kier molecular flexibility index (Phi) is 3.09. The summed E-state index contributed by atoms with van der Waals surface area (Å²) in [6.07, 6.45) is 1.60. The minimum absolute atomic E-state index is 0.268. The number of hydrogen-bond donors (Lipinski definition) is 0. The van der Waals surface area contributed by atoms with Crippen LogP contribution in [-0.4, -0.2) is 12.9 Å². The normalized spacial score (nSPS) is 20.8. The largest absolute Gasteiger partial charge is 0.497 e. The maximum atomic E-state index is 12.6. The van der Waals surface area contributed by atoms with Crippen LogP contribution in [0.3, 0.4) is 0 Å². The van der Waals surface area contributed by atoms with Gasteiger partial charge in [0.25, 0.3) is 0 Å². The van der Waals surface area contributed by atoms with Crippen LogP contribution in [0.2, 0.25) is 0 Å². The fourth-order valence-corrected chi connectivity index (χ4v) is 3.06. The summed E-state index contributed by atoms with van der Waals surface area (Å²) in [5, 5.41) is 0. The van der Waals surface area contributed by atoms with Crippen molar-refractivity contribution < 1.29 is 9.53 Å². The number of ether oxygens (including phenoxy) is 1. The van der Waals surface area contributed by atoms with E-state index in [4.69, 9.17) is 4.74 Å². The number of ketones is 1. The van der Waals surface area contributed by atoms with Crippen LogP contribution in [0.4, 0.5) is 0 Å². The standard InChI is InChI=1S/C18H18O2/c1-18(11-13-7-9-15(20-2)10-8-13)12-14-5-3-4-6-16(14)17(18)19/h3-10H,11-12H2,1-2H3. The summed E-state index contributed by atoms with van der Waals surface area (Å²) in [6, 6.07) is 15.9. The molecule has 3 rings (SSSR count). The van der Waals surface area contributed by atoms with Gasteiger partial charge in [0.05, 0.1) is 7.11 Å². The molecule has 2 aromatic rings. The molecule has 0 bridgehead atoms. The van der Waals surface area contributed by atoms with Crippen molar-refractivity contribution in [3.63, 3.8) is 0 Å². The first kappa shape index (κ1) is 12.9. The molecule has 0 spiro atoms. The van der Waals surface area contributed by atoms with Crippen LogP contribution in [0.25, 0.3) is 0 Å². The Balaban J connectivity index is 1.86. The monoisotopic (exact) mass is 266 g/mol. The van der Waals surface area contributed by atoms with Crippen LogP contribution in [0.5, 0.6) is 5.75 Å². The number of methoxy groups -OCH3 is 1. The van der Waals surface area contributed by atoms with Gasteiger partial charge in [-0.1, -0.05) is 43.3 Å². The number of fused-ring (bicyclic) bond motifs is 1. The second-order valence-electron chi connectivity index (χ2n) is 5.75. The Hall–Kier alpha value is -2.09. The number of benzene rings is 2. The molecule has 1 atom stereocenters. The minimum atomic E-state index is -0.321. The van der Waals surface area contributed by atoms with Crippen molar-refractivity contribution in [1.82, 2.24) is 0 Å². The van der Waals surface area contributed by atoms with Gasteiger partial charge in [-0.05, 0) is 36.1 Å². The lowest BCUT2D eigenvalue weighted by molar-refractivity contribution is 0.0842. The van der Waals surface area contributed by atoms with Gasteiger partial charge >= 0.3 is 0 Å². The smallest absolute Gasteiger partial charge is 0.169 e. The Labute approximate surface area is 119 Å². The van der Waals surface area contributed by atoms with E-state index in [1.165, 1.54) is 11.1 Å². The second kappa shape index (κ2) is 4.78. The molecule has 0 heterocycles. The Bertz CT molecular complexity index is 643. The maximum absolute atomic E-state index is 12.6. The minimum Gasteiger partial charge on any atom is -0.497 e. The average molecular weight is 266 g/mol. The van der Waals surface area contributed by atoms with Crippen LogP contribution < -0.4 is 4.74 Å². The quantitative estimate of drug-likeness (QED) is 0.847. The van der Waals surface area contributed by atoms with E-state index in [0.717, 1.165) is 24.2 Å². The first-order valence-electron chi connectivity index (χ1n) is 6.88. The van der Waals surface area contributed by atoms with Gasteiger partial charge < -0.3 is 4.74 Å². The van der Waals surface area contributed by atoms with E-state index >= 15 is 0 Å². The summed E-state index contributed by atoms with van der Waals surface area (Å²) in [5.74, 6) is 1.11. The molecule has 1 aliphatic carbocycles. The van der Waals surface area contributed by atoms with Gasteiger partial charge in [-0.25, -0.2) is 0 Å². The van der Waals surface area contributed by atoms with Crippen molar-refractivity contribution >= 4 is 5.78 Å². The first-order chi connectivity index (χ1) is 9.62. The summed E-state index contributed by atoms with van der Waals surface area (Å²) in [7, 11) is 1.66. The maximum Gasteiger partial charge on any atom is 0.169 e. The molecule has 0 saturated carbocycles.